The average molecular weight is 412 g/mol. The summed E-state index contributed by atoms with van der Waals surface area (Å²) >= 11 is 1.86. The molecule has 0 aliphatic carbocycles. The van der Waals surface area contributed by atoms with E-state index in [0.717, 1.165) is 12.0 Å². The maximum Gasteiger partial charge on any atom is 0.270 e. The zero-order valence-electron chi connectivity index (χ0n) is 11.8. The van der Waals surface area contributed by atoms with Gasteiger partial charge in [-0.3, -0.25) is 20.4 Å². The standard InChI is InChI=1S/C16H14FIN2O2/c1-2-10-3-5-11(6-4-10)15(21)19-20-16(22)13-8-7-12(17)9-14(13)18/h3-9H,2H2,1H3,(H,19,21)(H,20,22). The van der Waals surface area contributed by atoms with Gasteiger partial charge in [0.1, 0.15) is 5.82 Å². The first kappa shape index (κ1) is 16.4. The first-order valence-corrected chi connectivity index (χ1v) is 7.74. The maximum absolute atomic E-state index is 13.0. The third kappa shape index (κ3) is 4.03. The molecule has 2 rings (SSSR count). The van der Waals surface area contributed by atoms with E-state index < -0.39 is 17.6 Å². The highest BCUT2D eigenvalue weighted by Gasteiger charge is 2.12. The molecule has 0 aliphatic heterocycles. The van der Waals surface area contributed by atoms with Gasteiger partial charge in [-0.2, -0.15) is 0 Å². The molecule has 0 heterocycles. The summed E-state index contributed by atoms with van der Waals surface area (Å²) in [5.41, 5.74) is 6.53. The molecule has 2 aromatic rings. The molecule has 2 aromatic carbocycles. The number of hydrogen-bond donors (Lipinski definition) is 2. The van der Waals surface area contributed by atoms with E-state index in [1.54, 1.807) is 12.1 Å². The first-order valence-electron chi connectivity index (χ1n) is 6.66. The van der Waals surface area contributed by atoms with Crippen LogP contribution in [0.25, 0.3) is 0 Å². The van der Waals surface area contributed by atoms with Crippen molar-refractivity contribution in [3.8, 4) is 0 Å². The van der Waals surface area contributed by atoms with E-state index >= 15 is 0 Å². The molecule has 0 aromatic heterocycles. The molecule has 0 unspecified atom stereocenters. The second-order valence-electron chi connectivity index (χ2n) is 4.58. The molecule has 2 N–H and O–H groups in total. The molecule has 6 heteroatoms. The van der Waals surface area contributed by atoms with Gasteiger partial charge in [0.25, 0.3) is 11.8 Å². The Morgan fingerprint density at radius 2 is 1.68 bits per heavy atom. The van der Waals surface area contributed by atoms with Gasteiger partial charge in [0.15, 0.2) is 0 Å². The summed E-state index contributed by atoms with van der Waals surface area (Å²) in [6.45, 7) is 2.03. The summed E-state index contributed by atoms with van der Waals surface area (Å²) in [6.07, 6.45) is 0.891. The summed E-state index contributed by atoms with van der Waals surface area (Å²) in [5, 5.41) is 0. The molecule has 0 saturated heterocycles. The lowest BCUT2D eigenvalue weighted by molar-refractivity contribution is 0.0846. The highest BCUT2D eigenvalue weighted by Crippen LogP contribution is 2.13. The maximum atomic E-state index is 13.0. The Kier molecular flexibility index (Phi) is 5.48. The van der Waals surface area contributed by atoms with Crippen molar-refractivity contribution in [1.29, 1.82) is 0 Å². The van der Waals surface area contributed by atoms with Crippen molar-refractivity contribution < 1.29 is 14.0 Å². The Morgan fingerprint density at radius 1 is 1.05 bits per heavy atom. The zero-order valence-corrected chi connectivity index (χ0v) is 14.0. The monoisotopic (exact) mass is 412 g/mol. The second kappa shape index (κ2) is 7.35. The van der Waals surface area contributed by atoms with Crippen LogP contribution in [0.3, 0.4) is 0 Å². The number of rotatable bonds is 3. The van der Waals surface area contributed by atoms with Crippen LogP contribution >= 0.6 is 22.6 Å². The zero-order chi connectivity index (χ0) is 16.1. The number of benzene rings is 2. The van der Waals surface area contributed by atoms with E-state index in [0.29, 0.717) is 14.7 Å². The second-order valence-corrected chi connectivity index (χ2v) is 5.75. The van der Waals surface area contributed by atoms with Crippen LogP contribution in [0.1, 0.15) is 33.2 Å². The fourth-order valence-corrected chi connectivity index (χ4v) is 2.54. The molecular weight excluding hydrogens is 398 g/mol. The topological polar surface area (TPSA) is 58.2 Å². The SMILES string of the molecule is CCc1ccc(C(=O)NNC(=O)c2ccc(F)cc2I)cc1. The predicted molar refractivity (Wildman–Crippen MR) is 89.9 cm³/mol. The van der Waals surface area contributed by atoms with Crippen LogP contribution in [-0.4, -0.2) is 11.8 Å². The number of halogens is 2. The minimum atomic E-state index is -0.497. The van der Waals surface area contributed by atoms with Crippen LogP contribution in [0, 0.1) is 9.39 Å². The summed E-state index contributed by atoms with van der Waals surface area (Å²) in [5.74, 6) is -1.32. The molecule has 0 fully saturated rings. The van der Waals surface area contributed by atoms with Crippen LogP contribution in [0.2, 0.25) is 0 Å². The molecule has 0 radical (unpaired) electrons. The highest BCUT2D eigenvalue weighted by atomic mass is 127. The van der Waals surface area contributed by atoms with Gasteiger partial charge < -0.3 is 0 Å². The Morgan fingerprint density at radius 3 is 2.27 bits per heavy atom. The number of amides is 2. The van der Waals surface area contributed by atoms with Crippen LogP contribution in [0.15, 0.2) is 42.5 Å². The van der Waals surface area contributed by atoms with Crippen molar-refractivity contribution in [2.24, 2.45) is 0 Å². The molecule has 0 saturated carbocycles. The molecule has 22 heavy (non-hydrogen) atoms. The number of carbonyl (C=O) groups excluding carboxylic acids is 2. The molecule has 4 nitrogen and oxygen atoms in total. The first-order chi connectivity index (χ1) is 10.5. The van der Waals surface area contributed by atoms with Crippen molar-refractivity contribution in [3.05, 3.63) is 68.5 Å². The molecule has 0 aliphatic rings. The summed E-state index contributed by atoms with van der Waals surface area (Å²) < 4.78 is 13.5. The van der Waals surface area contributed by atoms with E-state index in [1.807, 2.05) is 41.6 Å². The molecule has 2 amide bonds. The van der Waals surface area contributed by atoms with Gasteiger partial charge >= 0.3 is 0 Å². The summed E-state index contributed by atoms with van der Waals surface area (Å²) in [7, 11) is 0. The van der Waals surface area contributed by atoms with Gasteiger partial charge in [0.2, 0.25) is 0 Å². The van der Waals surface area contributed by atoms with Gasteiger partial charge in [-0.15, -0.1) is 0 Å². The van der Waals surface area contributed by atoms with E-state index in [9.17, 15) is 14.0 Å². The molecule has 0 spiro atoms. The van der Waals surface area contributed by atoms with Gasteiger partial charge in [-0.05, 0) is 64.9 Å². The molecule has 114 valence electrons. The Bertz CT molecular complexity index is 702. The number of aryl methyl sites for hydroxylation is 1. The summed E-state index contributed by atoms with van der Waals surface area (Å²) in [6, 6.07) is 10.9. The Labute approximate surface area is 141 Å². The minimum Gasteiger partial charge on any atom is -0.267 e. The minimum absolute atomic E-state index is 0.295. The Hall–Kier alpha value is -1.96. The van der Waals surface area contributed by atoms with Gasteiger partial charge in [-0.1, -0.05) is 19.1 Å². The van der Waals surface area contributed by atoms with Crippen LogP contribution in [0.5, 0.6) is 0 Å². The highest BCUT2D eigenvalue weighted by molar-refractivity contribution is 14.1. The van der Waals surface area contributed by atoms with Crippen molar-refractivity contribution >= 4 is 34.4 Å². The normalized spacial score (nSPS) is 10.1. The lowest BCUT2D eigenvalue weighted by Crippen LogP contribution is -2.41. The lowest BCUT2D eigenvalue weighted by atomic mass is 10.1. The molecule has 0 bridgehead atoms. The predicted octanol–water partition coefficient (Wildman–Crippen LogP) is 3.07. The molecular formula is C16H14FIN2O2. The van der Waals surface area contributed by atoms with E-state index in [1.165, 1.54) is 18.2 Å². The van der Waals surface area contributed by atoms with Crippen LogP contribution in [-0.2, 0) is 6.42 Å². The van der Waals surface area contributed by atoms with Gasteiger partial charge in [0, 0.05) is 9.13 Å². The number of hydrazine groups is 1. The summed E-state index contributed by atoms with van der Waals surface area (Å²) in [4.78, 5) is 23.9. The lowest BCUT2D eigenvalue weighted by Gasteiger charge is -2.09. The third-order valence-corrected chi connectivity index (χ3v) is 3.98. The third-order valence-electron chi connectivity index (χ3n) is 3.09. The largest absolute Gasteiger partial charge is 0.270 e. The number of nitrogens with one attached hydrogen (secondary N) is 2. The van der Waals surface area contributed by atoms with E-state index in [4.69, 9.17) is 0 Å². The van der Waals surface area contributed by atoms with Crippen LogP contribution in [0.4, 0.5) is 4.39 Å². The quantitative estimate of drug-likeness (QED) is 0.602. The Balaban J connectivity index is 1.99. The average Bonchev–Trinajstić information content (AvgIpc) is 2.52. The number of hydrogen-bond acceptors (Lipinski definition) is 2. The fourth-order valence-electron chi connectivity index (χ4n) is 1.82. The van der Waals surface area contributed by atoms with E-state index in [-0.39, 0.29) is 0 Å². The van der Waals surface area contributed by atoms with Crippen molar-refractivity contribution in [2.45, 2.75) is 13.3 Å². The van der Waals surface area contributed by atoms with Crippen molar-refractivity contribution in [3.63, 3.8) is 0 Å². The number of carbonyl (C=O) groups is 2. The van der Waals surface area contributed by atoms with Gasteiger partial charge in [-0.25, -0.2) is 4.39 Å². The van der Waals surface area contributed by atoms with Crippen molar-refractivity contribution in [1.82, 2.24) is 10.9 Å². The van der Waals surface area contributed by atoms with E-state index in [2.05, 4.69) is 10.9 Å². The van der Waals surface area contributed by atoms with Gasteiger partial charge in [0.05, 0.1) is 5.56 Å². The van der Waals surface area contributed by atoms with Crippen LogP contribution < -0.4 is 10.9 Å². The molecule has 0 atom stereocenters. The fraction of sp³-hybridized carbons (Fsp3) is 0.125. The smallest absolute Gasteiger partial charge is 0.267 e. The van der Waals surface area contributed by atoms with Crippen molar-refractivity contribution in [2.75, 3.05) is 0 Å².